The first kappa shape index (κ1) is 21.7. The van der Waals surface area contributed by atoms with Gasteiger partial charge >= 0.3 is 0 Å². The molecule has 0 unspecified atom stereocenters. The summed E-state index contributed by atoms with van der Waals surface area (Å²) in [5.41, 5.74) is 1.04. The molecule has 0 aliphatic rings. The molecular weight excluding hydrogens is 407 g/mol. The first-order valence-electron chi connectivity index (χ1n) is 8.31. The third-order valence-corrected chi connectivity index (χ3v) is 6.86. The molecular formula is C19H22Cl2N2O3S. The standard InChI is InChI=1S/C19H22Cl2N2O3S/c1-13(2)23(4)27(25,26)16-9-10-18(21)17(11-16)19(24)22(3)12-14-5-7-15(20)8-6-14/h5-11,13H,12H2,1-4H3. The van der Waals surface area contributed by atoms with Gasteiger partial charge in [-0.1, -0.05) is 35.3 Å². The molecule has 0 bridgehead atoms. The molecule has 146 valence electrons. The van der Waals surface area contributed by atoms with Crippen molar-refractivity contribution in [3.63, 3.8) is 0 Å². The summed E-state index contributed by atoms with van der Waals surface area (Å²) in [6.07, 6.45) is 0. The quantitative estimate of drug-likeness (QED) is 0.688. The van der Waals surface area contributed by atoms with E-state index in [0.29, 0.717) is 11.6 Å². The second-order valence-corrected chi connectivity index (χ2v) is 9.39. The van der Waals surface area contributed by atoms with E-state index in [9.17, 15) is 13.2 Å². The third kappa shape index (κ3) is 5.02. The van der Waals surface area contributed by atoms with Gasteiger partial charge in [-0.05, 0) is 49.7 Å². The minimum Gasteiger partial charge on any atom is -0.337 e. The van der Waals surface area contributed by atoms with Gasteiger partial charge in [-0.3, -0.25) is 4.79 Å². The summed E-state index contributed by atoms with van der Waals surface area (Å²) in [6.45, 7) is 3.90. The smallest absolute Gasteiger partial charge is 0.255 e. The number of carbonyl (C=O) groups is 1. The predicted octanol–water partition coefficient (Wildman–Crippen LogP) is 4.29. The molecule has 0 spiro atoms. The van der Waals surface area contributed by atoms with Gasteiger partial charge in [0.1, 0.15) is 0 Å². The van der Waals surface area contributed by atoms with Gasteiger partial charge < -0.3 is 4.90 Å². The van der Waals surface area contributed by atoms with E-state index in [4.69, 9.17) is 23.2 Å². The lowest BCUT2D eigenvalue weighted by molar-refractivity contribution is 0.0785. The molecule has 0 heterocycles. The van der Waals surface area contributed by atoms with E-state index in [2.05, 4.69) is 0 Å². The number of amides is 1. The highest BCUT2D eigenvalue weighted by Crippen LogP contribution is 2.25. The summed E-state index contributed by atoms with van der Waals surface area (Å²) in [6, 6.07) is 11.1. The molecule has 0 saturated carbocycles. The largest absolute Gasteiger partial charge is 0.337 e. The molecule has 8 heteroatoms. The number of benzene rings is 2. The molecule has 0 aliphatic heterocycles. The molecule has 0 radical (unpaired) electrons. The Labute approximate surface area is 170 Å². The summed E-state index contributed by atoms with van der Waals surface area (Å²) in [4.78, 5) is 14.3. The number of carbonyl (C=O) groups excluding carboxylic acids is 1. The molecule has 0 aromatic heterocycles. The summed E-state index contributed by atoms with van der Waals surface area (Å²) < 4.78 is 26.6. The van der Waals surface area contributed by atoms with Gasteiger partial charge in [-0.2, -0.15) is 4.31 Å². The molecule has 1 amide bonds. The number of sulfonamides is 1. The fourth-order valence-electron chi connectivity index (χ4n) is 2.41. The highest BCUT2D eigenvalue weighted by Gasteiger charge is 2.25. The zero-order valence-corrected chi connectivity index (χ0v) is 17.9. The van der Waals surface area contributed by atoms with Gasteiger partial charge in [0.2, 0.25) is 10.0 Å². The predicted molar refractivity (Wildman–Crippen MR) is 109 cm³/mol. The number of hydrogen-bond acceptors (Lipinski definition) is 3. The van der Waals surface area contributed by atoms with Crippen molar-refractivity contribution >= 4 is 39.1 Å². The topological polar surface area (TPSA) is 57.7 Å². The van der Waals surface area contributed by atoms with Gasteiger partial charge in [0.25, 0.3) is 5.91 Å². The molecule has 0 atom stereocenters. The van der Waals surface area contributed by atoms with Crippen LogP contribution >= 0.6 is 23.2 Å². The highest BCUT2D eigenvalue weighted by atomic mass is 35.5. The van der Waals surface area contributed by atoms with Gasteiger partial charge in [0.05, 0.1) is 15.5 Å². The van der Waals surface area contributed by atoms with Crippen LogP contribution < -0.4 is 0 Å². The molecule has 2 aromatic rings. The first-order valence-corrected chi connectivity index (χ1v) is 10.5. The van der Waals surface area contributed by atoms with Crippen molar-refractivity contribution in [3.8, 4) is 0 Å². The SMILES string of the molecule is CC(C)N(C)S(=O)(=O)c1ccc(Cl)c(C(=O)N(C)Cc2ccc(Cl)cc2)c1. The number of rotatable bonds is 6. The van der Waals surface area contributed by atoms with Crippen molar-refractivity contribution in [2.24, 2.45) is 0 Å². The Hall–Kier alpha value is -1.60. The van der Waals surface area contributed by atoms with Crippen molar-refractivity contribution in [2.75, 3.05) is 14.1 Å². The first-order chi connectivity index (χ1) is 12.5. The van der Waals surface area contributed by atoms with E-state index in [1.54, 1.807) is 33.0 Å². The summed E-state index contributed by atoms with van der Waals surface area (Å²) in [5, 5.41) is 0.817. The Bertz CT molecular complexity index is 928. The molecule has 5 nitrogen and oxygen atoms in total. The molecule has 0 fully saturated rings. The van der Waals surface area contributed by atoms with Gasteiger partial charge in [-0.15, -0.1) is 0 Å². The van der Waals surface area contributed by atoms with Crippen LogP contribution in [0.5, 0.6) is 0 Å². The van der Waals surface area contributed by atoms with Crippen molar-refractivity contribution in [1.29, 1.82) is 0 Å². The van der Waals surface area contributed by atoms with Crippen molar-refractivity contribution < 1.29 is 13.2 Å². The van der Waals surface area contributed by atoms with E-state index in [0.717, 1.165) is 5.56 Å². The minimum absolute atomic E-state index is 0.0337. The third-order valence-electron chi connectivity index (χ3n) is 4.25. The van der Waals surface area contributed by atoms with E-state index in [1.165, 1.54) is 34.5 Å². The van der Waals surface area contributed by atoms with Crippen molar-refractivity contribution in [2.45, 2.75) is 31.3 Å². The molecule has 2 rings (SSSR count). The van der Waals surface area contributed by atoms with E-state index in [1.807, 2.05) is 12.1 Å². The zero-order valence-electron chi connectivity index (χ0n) is 15.6. The maximum absolute atomic E-state index is 12.8. The number of halogens is 2. The highest BCUT2D eigenvalue weighted by molar-refractivity contribution is 7.89. The van der Waals surface area contributed by atoms with Crippen molar-refractivity contribution in [3.05, 3.63) is 63.6 Å². The van der Waals surface area contributed by atoms with Crippen LogP contribution in [0, 0.1) is 0 Å². The molecule has 27 heavy (non-hydrogen) atoms. The second kappa shape index (κ2) is 8.61. The molecule has 2 aromatic carbocycles. The van der Waals surface area contributed by atoms with Crippen LogP contribution in [0.4, 0.5) is 0 Å². The minimum atomic E-state index is -3.71. The summed E-state index contributed by atoms with van der Waals surface area (Å²) in [7, 11) is -0.575. The van der Waals surface area contributed by atoms with Crippen LogP contribution in [-0.4, -0.2) is 43.7 Å². The van der Waals surface area contributed by atoms with E-state index < -0.39 is 10.0 Å². The van der Waals surface area contributed by atoms with Gasteiger partial charge in [0.15, 0.2) is 0 Å². The van der Waals surface area contributed by atoms with Crippen LogP contribution in [0.1, 0.15) is 29.8 Å². The second-order valence-electron chi connectivity index (χ2n) is 6.54. The fourth-order valence-corrected chi connectivity index (χ4v) is 4.13. The van der Waals surface area contributed by atoms with Gasteiger partial charge in [-0.25, -0.2) is 8.42 Å². The maximum atomic E-state index is 12.8. The van der Waals surface area contributed by atoms with Crippen LogP contribution in [0.2, 0.25) is 10.0 Å². The lowest BCUT2D eigenvalue weighted by Crippen LogP contribution is -2.33. The lowest BCUT2D eigenvalue weighted by Gasteiger charge is -2.22. The Morgan fingerprint density at radius 1 is 1.04 bits per heavy atom. The molecule has 0 saturated heterocycles. The normalized spacial score (nSPS) is 11.9. The number of nitrogens with zero attached hydrogens (tertiary/aromatic N) is 2. The Morgan fingerprint density at radius 2 is 1.63 bits per heavy atom. The molecule has 0 aliphatic carbocycles. The lowest BCUT2D eigenvalue weighted by atomic mass is 10.1. The van der Waals surface area contributed by atoms with Gasteiger partial charge in [0, 0.05) is 31.7 Å². The van der Waals surface area contributed by atoms with E-state index >= 15 is 0 Å². The summed E-state index contributed by atoms with van der Waals surface area (Å²) in [5.74, 6) is -0.362. The number of hydrogen-bond donors (Lipinski definition) is 0. The van der Waals surface area contributed by atoms with Crippen LogP contribution in [0.3, 0.4) is 0 Å². The monoisotopic (exact) mass is 428 g/mol. The Morgan fingerprint density at radius 3 is 2.19 bits per heavy atom. The van der Waals surface area contributed by atoms with Crippen LogP contribution in [0.25, 0.3) is 0 Å². The maximum Gasteiger partial charge on any atom is 0.255 e. The average Bonchev–Trinajstić information content (AvgIpc) is 2.62. The fraction of sp³-hybridized carbons (Fsp3) is 0.316. The Balaban J connectivity index is 2.32. The summed E-state index contributed by atoms with van der Waals surface area (Å²) >= 11 is 12.1. The van der Waals surface area contributed by atoms with Crippen LogP contribution in [-0.2, 0) is 16.6 Å². The van der Waals surface area contributed by atoms with Crippen LogP contribution in [0.15, 0.2) is 47.4 Å². The average molecular weight is 429 g/mol. The van der Waals surface area contributed by atoms with Crippen molar-refractivity contribution in [1.82, 2.24) is 9.21 Å². The van der Waals surface area contributed by atoms with E-state index in [-0.39, 0.29) is 27.4 Å². The zero-order chi connectivity index (χ0) is 20.4. The Kier molecular flexibility index (Phi) is 6.92. The molecule has 0 N–H and O–H groups in total.